The minimum atomic E-state index is -4.75. The van der Waals surface area contributed by atoms with Crippen LogP contribution < -0.4 is 0 Å². The van der Waals surface area contributed by atoms with Crippen LogP contribution >= 0.6 is 0 Å². The Morgan fingerprint density at radius 2 is 0.743 bits per heavy atom. The Morgan fingerprint density at radius 1 is 0.365 bits per heavy atom. The summed E-state index contributed by atoms with van der Waals surface area (Å²) in [6, 6.07) is 70.6. The predicted molar refractivity (Wildman–Crippen MR) is 296 cm³/mol. The van der Waals surface area contributed by atoms with Gasteiger partial charge in [-0.3, -0.25) is 0 Å². The van der Waals surface area contributed by atoms with Crippen molar-refractivity contribution in [2.24, 2.45) is 0 Å². The summed E-state index contributed by atoms with van der Waals surface area (Å²) in [5, 5.41) is 25.9. The molecule has 0 N–H and O–H groups in total. The first kappa shape index (κ1) is 45.7. The van der Waals surface area contributed by atoms with Crippen molar-refractivity contribution in [3.05, 3.63) is 239 Å². The second-order valence-corrected chi connectivity index (χ2v) is 19.5. The molecule has 2 heterocycles. The Balaban J connectivity index is 1.21. The molecule has 0 aliphatic carbocycles. The summed E-state index contributed by atoms with van der Waals surface area (Å²) in [6.45, 7) is 8.29. The molecule has 12 aromatic rings. The molecular formula is C67H45F3N4. The van der Waals surface area contributed by atoms with E-state index in [4.69, 9.17) is 0 Å². The molecule has 354 valence electrons. The Hall–Kier alpha value is -9.43. The summed E-state index contributed by atoms with van der Waals surface area (Å²) >= 11 is 0. The second kappa shape index (κ2) is 17.7. The normalized spacial score (nSPS) is 11.7. The minimum absolute atomic E-state index is 0.146. The Bertz CT molecular complexity index is 4180. The van der Waals surface area contributed by atoms with Crippen LogP contribution in [0.25, 0.3) is 111 Å². The summed E-state index contributed by atoms with van der Waals surface area (Å²) in [6.07, 6.45) is -4.75. The van der Waals surface area contributed by atoms with Gasteiger partial charge in [0.25, 0.3) is 0 Å². The number of benzene rings is 10. The summed E-state index contributed by atoms with van der Waals surface area (Å²) in [4.78, 5) is 0. The molecule has 0 fully saturated rings. The molecule has 7 heteroatoms. The van der Waals surface area contributed by atoms with E-state index >= 15 is 0 Å². The van der Waals surface area contributed by atoms with Crippen LogP contribution in [-0.2, 0) is 6.18 Å². The van der Waals surface area contributed by atoms with E-state index in [0.29, 0.717) is 16.9 Å². The zero-order valence-corrected chi connectivity index (χ0v) is 41.0. The molecule has 0 aliphatic heterocycles. The van der Waals surface area contributed by atoms with E-state index in [1.807, 2.05) is 47.0 Å². The standard InChI is InChI=1S/C67H45F3N4/c1-40-9-5-13-45(27-40)49-17-22-61-56(34-49)57-35-50(46-14-6-10-41(2)28-46)18-23-62(57)73(61)65-26-21-55(53-31-44(38-71)32-54(33-53)67(68,69)70)66(60(65)39-72)74-63-24-19-51(47-15-7-11-42(3)29-47)36-58(63)59-37-52(20-25-64(59)74)48-16-8-12-43(4)30-48/h5-37H,1-4H3. The first-order valence-corrected chi connectivity index (χ1v) is 24.5. The molecule has 0 bridgehead atoms. The molecule has 10 aromatic carbocycles. The average Bonchev–Trinajstić information content (AvgIpc) is 3.91. The van der Waals surface area contributed by atoms with E-state index in [2.05, 4.69) is 184 Å². The van der Waals surface area contributed by atoms with Gasteiger partial charge in [0.1, 0.15) is 11.6 Å². The van der Waals surface area contributed by atoms with Gasteiger partial charge in [0, 0.05) is 27.1 Å². The molecule has 0 saturated heterocycles. The summed E-state index contributed by atoms with van der Waals surface area (Å²) in [7, 11) is 0. The van der Waals surface area contributed by atoms with Gasteiger partial charge >= 0.3 is 6.18 Å². The molecule has 0 unspecified atom stereocenters. The van der Waals surface area contributed by atoms with Crippen molar-refractivity contribution in [1.82, 2.24) is 9.13 Å². The van der Waals surface area contributed by atoms with Crippen molar-refractivity contribution in [1.29, 1.82) is 10.5 Å². The molecule has 2 aromatic heterocycles. The number of hydrogen-bond acceptors (Lipinski definition) is 2. The molecule has 0 atom stereocenters. The number of nitriles is 2. The van der Waals surface area contributed by atoms with Crippen molar-refractivity contribution in [3.8, 4) is 79.1 Å². The van der Waals surface area contributed by atoms with Crippen molar-refractivity contribution in [2.45, 2.75) is 33.9 Å². The topological polar surface area (TPSA) is 57.4 Å². The largest absolute Gasteiger partial charge is 0.416 e. The highest BCUT2D eigenvalue weighted by Gasteiger charge is 2.33. The van der Waals surface area contributed by atoms with Crippen molar-refractivity contribution in [2.75, 3.05) is 0 Å². The van der Waals surface area contributed by atoms with E-state index in [0.717, 1.165) is 123 Å². The molecule has 4 nitrogen and oxygen atoms in total. The van der Waals surface area contributed by atoms with Crippen LogP contribution in [0.5, 0.6) is 0 Å². The number of aromatic nitrogens is 2. The molecular weight excluding hydrogens is 918 g/mol. The number of alkyl halides is 3. The van der Waals surface area contributed by atoms with Crippen LogP contribution in [0.3, 0.4) is 0 Å². The third-order valence-corrected chi connectivity index (χ3v) is 14.4. The first-order chi connectivity index (χ1) is 35.8. The van der Waals surface area contributed by atoms with Crippen molar-refractivity contribution in [3.63, 3.8) is 0 Å². The zero-order valence-electron chi connectivity index (χ0n) is 41.0. The maximum absolute atomic E-state index is 14.8. The number of nitrogens with zero attached hydrogens (tertiary/aromatic N) is 4. The third kappa shape index (κ3) is 7.87. The lowest BCUT2D eigenvalue weighted by atomic mass is 9.95. The number of aryl methyl sites for hydroxylation is 4. The molecule has 0 spiro atoms. The van der Waals surface area contributed by atoms with Gasteiger partial charge in [0.2, 0.25) is 0 Å². The summed E-state index contributed by atoms with van der Waals surface area (Å²) < 4.78 is 48.6. The second-order valence-electron chi connectivity index (χ2n) is 19.5. The Kier molecular flexibility index (Phi) is 10.9. The number of fused-ring (bicyclic) bond motifs is 6. The maximum atomic E-state index is 14.8. The van der Waals surface area contributed by atoms with Crippen molar-refractivity contribution >= 4 is 43.6 Å². The SMILES string of the molecule is Cc1cccc(-c2ccc3c(c2)c2cc(-c4cccc(C)c4)ccc2n3-c2ccc(-c3cc(C#N)cc(C(F)(F)F)c3)c(-n3c4ccc(-c5cccc(C)c5)cc4c4cc(-c5cccc(C)c5)ccc43)c2C#N)c1. The average molecular weight is 963 g/mol. The van der Waals surface area contributed by atoms with Crippen molar-refractivity contribution < 1.29 is 13.2 Å². The van der Waals surface area contributed by atoms with E-state index in [1.54, 1.807) is 0 Å². The van der Waals surface area contributed by atoms with Gasteiger partial charge in [-0.25, -0.2) is 0 Å². The van der Waals surface area contributed by atoms with Gasteiger partial charge in [0.15, 0.2) is 0 Å². The van der Waals surface area contributed by atoms with Gasteiger partial charge in [-0.15, -0.1) is 0 Å². The quantitative estimate of drug-likeness (QED) is 0.160. The monoisotopic (exact) mass is 962 g/mol. The lowest BCUT2D eigenvalue weighted by molar-refractivity contribution is -0.137. The van der Waals surface area contributed by atoms with Crippen LogP contribution in [0.15, 0.2) is 200 Å². The van der Waals surface area contributed by atoms with Crippen LogP contribution in [0.2, 0.25) is 0 Å². The highest BCUT2D eigenvalue weighted by molar-refractivity contribution is 6.14. The fourth-order valence-electron chi connectivity index (χ4n) is 10.9. The highest BCUT2D eigenvalue weighted by Crippen LogP contribution is 2.46. The Labute approximate surface area is 426 Å². The van der Waals surface area contributed by atoms with Gasteiger partial charge < -0.3 is 9.13 Å². The molecule has 12 rings (SSSR count). The van der Waals surface area contributed by atoms with Gasteiger partial charge in [-0.05, 0) is 151 Å². The number of hydrogen-bond donors (Lipinski definition) is 0. The van der Waals surface area contributed by atoms with Gasteiger partial charge in [-0.2, -0.15) is 23.7 Å². The summed E-state index contributed by atoms with van der Waals surface area (Å²) in [5.41, 5.74) is 16.6. The van der Waals surface area contributed by atoms with Crippen LogP contribution in [0, 0.1) is 50.4 Å². The Morgan fingerprint density at radius 3 is 1.09 bits per heavy atom. The van der Waals surface area contributed by atoms with Crippen LogP contribution in [0.4, 0.5) is 13.2 Å². The number of rotatable bonds is 7. The fraction of sp³-hybridized carbons (Fsp3) is 0.0746. The molecule has 0 amide bonds. The zero-order chi connectivity index (χ0) is 51.0. The maximum Gasteiger partial charge on any atom is 0.416 e. The van der Waals surface area contributed by atoms with Crippen LogP contribution in [-0.4, -0.2) is 9.13 Å². The fourth-order valence-corrected chi connectivity index (χ4v) is 10.9. The number of halogens is 3. The van der Waals surface area contributed by atoms with Crippen LogP contribution in [0.1, 0.15) is 38.9 Å². The summed E-state index contributed by atoms with van der Waals surface area (Å²) in [5.74, 6) is 0. The molecule has 0 saturated carbocycles. The van der Waals surface area contributed by atoms with Gasteiger partial charge in [0.05, 0.1) is 50.6 Å². The molecule has 0 aliphatic rings. The highest BCUT2D eigenvalue weighted by atomic mass is 19.4. The first-order valence-electron chi connectivity index (χ1n) is 24.5. The van der Waals surface area contributed by atoms with E-state index in [1.165, 1.54) is 6.07 Å². The third-order valence-electron chi connectivity index (χ3n) is 14.4. The molecule has 0 radical (unpaired) electrons. The van der Waals surface area contributed by atoms with E-state index < -0.39 is 11.7 Å². The van der Waals surface area contributed by atoms with E-state index in [-0.39, 0.29) is 16.7 Å². The minimum Gasteiger partial charge on any atom is -0.308 e. The van der Waals surface area contributed by atoms with E-state index in [9.17, 15) is 23.7 Å². The lowest BCUT2D eigenvalue weighted by Crippen LogP contribution is -2.08. The lowest BCUT2D eigenvalue weighted by Gasteiger charge is -2.21. The smallest absolute Gasteiger partial charge is 0.308 e. The predicted octanol–water partition coefficient (Wildman–Crippen LogP) is 18.2. The van der Waals surface area contributed by atoms with Gasteiger partial charge in [-0.1, -0.05) is 150 Å². The molecule has 74 heavy (non-hydrogen) atoms.